The smallest absolute Gasteiger partial charge is 0.309 e. The summed E-state index contributed by atoms with van der Waals surface area (Å²) in [7, 11) is -1.91. The summed E-state index contributed by atoms with van der Waals surface area (Å²) in [6, 6.07) is 0. The molecule has 0 bridgehead atoms. The van der Waals surface area contributed by atoms with E-state index < -0.39 is 22.1 Å². The molecule has 0 aromatic carbocycles. The highest BCUT2D eigenvalue weighted by Crippen LogP contribution is 2.21. The van der Waals surface area contributed by atoms with Crippen molar-refractivity contribution in [2.45, 2.75) is 19.8 Å². The number of carboxylic acids is 1. The van der Waals surface area contributed by atoms with E-state index in [9.17, 15) is 13.2 Å². The van der Waals surface area contributed by atoms with Crippen molar-refractivity contribution in [1.29, 1.82) is 0 Å². The van der Waals surface area contributed by atoms with Crippen molar-refractivity contribution >= 4 is 16.2 Å². The van der Waals surface area contributed by atoms with Gasteiger partial charge < -0.3 is 5.11 Å². The third-order valence-corrected chi connectivity index (χ3v) is 4.67. The largest absolute Gasteiger partial charge is 0.481 e. The van der Waals surface area contributed by atoms with E-state index in [1.807, 2.05) is 6.92 Å². The molecule has 94 valence electrons. The van der Waals surface area contributed by atoms with Gasteiger partial charge in [0.25, 0.3) is 10.2 Å². The molecular weight excluding hydrogens is 232 g/mol. The molecule has 0 radical (unpaired) electrons. The number of carboxylic acid groups (broad SMARTS) is 1. The molecule has 0 aromatic heterocycles. The molecule has 16 heavy (non-hydrogen) atoms. The second-order valence-corrected chi connectivity index (χ2v) is 6.07. The molecule has 1 aliphatic heterocycles. The highest BCUT2D eigenvalue weighted by molar-refractivity contribution is 7.86. The lowest BCUT2D eigenvalue weighted by molar-refractivity contribution is -0.145. The third kappa shape index (κ3) is 2.72. The van der Waals surface area contributed by atoms with Gasteiger partial charge in [-0.2, -0.15) is 17.0 Å². The molecule has 1 fully saturated rings. The Hall–Kier alpha value is -0.660. The fourth-order valence-corrected chi connectivity index (χ4v) is 2.97. The first-order valence-corrected chi connectivity index (χ1v) is 6.73. The van der Waals surface area contributed by atoms with Crippen molar-refractivity contribution in [3.63, 3.8) is 0 Å². The molecule has 1 rings (SSSR count). The number of hydrogen-bond donors (Lipinski definition) is 1. The van der Waals surface area contributed by atoms with Gasteiger partial charge in [0.1, 0.15) is 0 Å². The number of nitrogens with zero attached hydrogens (tertiary/aromatic N) is 2. The van der Waals surface area contributed by atoms with Crippen molar-refractivity contribution in [3.8, 4) is 0 Å². The number of rotatable bonds is 6. The van der Waals surface area contributed by atoms with E-state index in [2.05, 4.69) is 0 Å². The maximum atomic E-state index is 11.8. The predicted molar refractivity (Wildman–Crippen MR) is 59.2 cm³/mol. The number of aliphatic carboxylic acids is 1. The van der Waals surface area contributed by atoms with E-state index in [-0.39, 0.29) is 13.1 Å². The molecule has 1 saturated heterocycles. The second kappa shape index (κ2) is 5.11. The molecule has 1 heterocycles. The Labute approximate surface area is 96.0 Å². The maximum absolute atomic E-state index is 11.8. The van der Waals surface area contributed by atoms with Crippen LogP contribution in [0, 0.1) is 5.92 Å². The van der Waals surface area contributed by atoms with E-state index in [4.69, 9.17) is 5.11 Å². The van der Waals surface area contributed by atoms with Crippen molar-refractivity contribution in [1.82, 2.24) is 8.61 Å². The van der Waals surface area contributed by atoms with Crippen molar-refractivity contribution in [2.24, 2.45) is 5.92 Å². The first kappa shape index (κ1) is 13.4. The number of hydrogen-bond acceptors (Lipinski definition) is 3. The summed E-state index contributed by atoms with van der Waals surface area (Å²) in [5.41, 5.74) is 0. The summed E-state index contributed by atoms with van der Waals surface area (Å²) in [5, 5.41) is 8.66. The van der Waals surface area contributed by atoms with Gasteiger partial charge in [0.15, 0.2) is 0 Å². The summed E-state index contributed by atoms with van der Waals surface area (Å²) in [6.07, 6.45) is 1.74. The summed E-state index contributed by atoms with van der Waals surface area (Å²) in [5.74, 6) is -1.47. The Bertz CT molecular complexity index is 349. The van der Waals surface area contributed by atoms with E-state index in [1.54, 1.807) is 0 Å². The molecule has 0 saturated carbocycles. The minimum absolute atomic E-state index is 0.0914. The van der Waals surface area contributed by atoms with Gasteiger partial charge in [-0.05, 0) is 6.42 Å². The molecule has 0 atom stereocenters. The summed E-state index contributed by atoms with van der Waals surface area (Å²) in [6.45, 7) is 2.65. The molecular formula is C9H18N2O4S. The van der Waals surface area contributed by atoms with Crippen molar-refractivity contribution in [3.05, 3.63) is 0 Å². The van der Waals surface area contributed by atoms with Crippen LogP contribution < -0.4 is 0 Å². The molecule has 6 nitrogen and oxygen atoms in total. The standard InChI is InChI=1S/C9H18N2O4S/c1-3-4-5-10(2)16(14,15)11-6-8(7-11)9(12)13/h8H,3-7H2,1-2H3,(H,12,13). The van der Waals surface area contributed by atoms with Crippen LogP contribution in [0.2, 0.25) is 0 Å². The zero-order valence-corrected chi connectivity index (χ0v) is 10.4. The van der Waals surface area contributed by atoms with Crippen molar-refractivity contribution in [2.75, 3.05) is 26.7 Å². The van der Waals surface area contributed by atoms with Crippen LogP contribution in [0.5, 0.6) is 0 Å². The average molecular weight is 250 g/mol. The highest BCUT2D eigenvalue weighted by Gasteiger charge is 2.41. The minimum atomic E-state index is -3.44. The molecule has 0 amide bonds. The summed E-state index contributed by atoms with van der Waals surface area (Å²) >= 11 is 0. The predicted octanol–water partition coefficient (Wildman–Crippen LogP) is -0.0205. The fraction of sp³-hybridized carbons (Fsp3) is 0.889. The van der Waals surface area contributed by atoms with Gasteiger partial charge in [-0.3, -0.25) is 4.79 Å². The fourth-order valence-electron chi connectivity index (χ4n) is 1.48. The normalized spacial score (nSPS) is 18.7. The Morgan fingerprint density at radius 2 is 2.06 bits per heavy atom. The van der Waals surface area contributed by atoms with E-state index in [1.165, 1.54) is 15.7 Å². The van der Waals surface area contributed by atoms with Gasteiger partial charge in [-0.25, -0.2) is 0 Å². The van der Waals surface area contributed by atoms with Crippen LogP contribution in [0.1, 0.15) is 19.8 Å². The van der Waals surface area contributed by atoms with Gasteiger partial charge in [0.05, 0.1) is 5.92 Å². The van der Waals surface area contributed by atoms with Crippen LogP contribution in [0.3, 0.4) is 0 Å². The van der Waals surface area contributed by atoms with E-state index in [0.29, 0.717) is 6.54 Å². The SMILES string of the molecule is CCCCN(C)S(=O)(=O)N1CC(C(=O)O)C1. The van der Waals surface area contributed by atoms with Crippen LogP contribution in [0.4, 0.5) is 0 Å². The highest BCUT2D eigenvalue weighted by atomic mass is 32.2. The Kier molecular flexibility index (Phi) is 4.28. The average Bonchev–Trinajstić information content (AvgIpc) is 2.10. The Morgan fingerprint density at radius 3 is 2.50 bits per heavy atom. The molecule has 0 unspecified atom stereocenters. The van der Waals surface area contributed by atoms with E-state index in [0.717, 1.165) is 12.8 Å². The van der Waals surface area contributed by atoms with Crippen LogP contribution in [-0.2, 0) is 15.0 Å². The lowest BCUT2D eigenvalue weighted by atomic mass is 10.0. The summed E-state index contributed by atoms with van der Waals surface area (Å²) in [4.78, 5) is 10.6. The number of carbonyl (C=O) groups is 1. The second-order valence-electron chi connectivity index (χ2n) is 4.04. The van der Waals surface area contributed by atoms with Crippen LogP contribution >= 0.6 is 0 Å². The van der Waals surface area contributed by atoms with Gasteiger partial charge in [-0.15, -0.1) is 0 Å². The van der Waals surface area contributed by atoms with Crippen LogP contribution in [-0.4, -0.2) is 54.8 Å². The Morgan fingerprint density at radius 1 is 1.50 bits per heavy atom. The lowest BCUT2D eigenvalue weighted by Gasteiger charge is -2.37. The first-order valence-electron chi connectivity index (χ1n) is 5.33. The minimum Gasteiger partial charge on any atom is -0.481 e. The molecule has 1 aliphatic rings. The first-order chi connectivity index (χ1) is 7.39. The quantitative estimate of drug-likeness (QED) is 0.718. The van der Waals surface area contributed by atoms with Gasteiger partial charge in [0.2, 0.25) is 0 Å². The van der Waals surface area contributed by atoms with Gasteiger partial charge in [0, 0.05) is 26.7 Å². The molecule has 0 aromatic rings. The van der Waals surface area contributed by atoms with Crippen LogP contribution in [0.25, 0.3) is 0 Å². The lowest BCUT2D eigenvalue weighted by Crippen LogP contribution is -2.56. The van der Waals surface area contributed by atoms with Gasteiger partial charge in [-0.1, -0.05) is 13.3 Å². The molecule has 0 spiro atoms. The topological polar surface area (TPSA) is 77.9 Å². The van der Waals surface area contributed by atoms with Crippen LogP contribution in [0.15, 0.2) is 0 Å². The molecule has 0 aliphatic carbocycles. The zero-order chi connectivity index (χ0) is 12.3. The monoisotopic (exact) mass is 250 g/mol. The third-order valence-electron chi connectivity index (χ3n) is 2.74. The number of unbranched alkanes of at least 4 members (excludes halogenated alkanes) is 1. The summed E-state index contributed by atoms with van der Waals surface area (Å²) < 4.78 is 26.2. The van der Waals surface area contributed by atoms with E-state index >= 15 is 0 Å². The Balaban J connectivity index is 2.50. The van der Waals surface area contributed by atoms with Crippen molar-refractivity contribution < 1.29 is 18.3 Å². The molecule has 7 heteroatoms. The maximum Gasteiger partial charge on any atom is 0.309 e. The van der Waals surface area contributed by atoms with Gasteiger partial charge >= 0.3 is 5.97 Å². The zero-order valence-electron chi connectivity index (χ0n) is 9.59. The molecule has 1 N–H and O–H groups in total.